The molecule has 0 radical (unpaired) electrons. The van der Waals surface area contributed by atoms with E-state index < -0.39 is 30.9 Å². The van der Waals surface area contributed by atoms with Crippen LogP contribution in [0.4, 0.5) is 0 Å². The van der Waals surface area contributed by atoms with Crippen molar-refractivity contribution >= 4 is 0 Å². The minimum Gasteiger partial charge on any atom is -0.388 e. The second kappa shape index (κ2) is 7.23. The van der Waals surface area contributed by atoms with Crippen LogP contribution in [-0.4, -0.2) is 35.8 Å². The van der Waals surface area contributed by atoms with Gasteiger partial charge in [0, 0.05) is 5.56 Å². The molecule has 5 nitrogen and oxygen atoms in total. The van der Waals surface area contributed by atoms with E-state index in [4.69, 9.17) is 18.9 Å². The van der Waals surface area contributed by atoms with Crippen LogP contribution in [-0.2, 0) is 25.6 Å². The summed E-state index contributed by atoms with van der Waals surface area (Å²) in [7, 11) is 0. The lowest BCUT2D eigenvalue weighted by molar-refractivity contribution is -0.274. The molecule has 2 fully saturated rings. The third-order valence-electron chi connectivity index (χ3n) is 4.65. The SMILES string of the molecule is C[C@@H]1O[C@H](OCc2ccccc2)[C@@H]2O[C@H](c3ccccc3)O[C@H]2[C@@H]1O. The second-order valence-electron chi connectivity index (χ2n) is 6.44. The Morgan fingerprint density at radius 2 is 1.52 bits per heavy atom. The highest BCUT2D eigenvalue weighted by Crippen LogP contribution is 2.39. The van der Waals surface area contributed by atoms with Crippen LogP contribution in [0.5, 0.6) is 0 Å². The number of rotatable bonds is 4. The van der Waals surface area contributed by atoms with Crippen LogP contribution in [0.15, 0.2) is 60.7 Å². The Labute approximate surface area is 147 Å². The van der Waals surface area contributed by atoms with E-state index in [-0.39, 0.29) is 6.10 Å². The van der Waals surface area contributed by atoms with Gasteiger partial charge in [0.25, 0.3) is 0 Å². The van der Waals surface area contributed by atoms with Gasteiger partial charge in [0.2, 0.25) is 0 Å². The normalized spacial score (nSPS) is 34.6. The number of hydrogen-bond donors (Lipinski definition) is 1. The molecular weight excluding hydrogens is 320 g/mol. The largest absolute Gasteiger partial charge is 0.388 e. The van der Waals surface area contributed by atoms with Crippen molar-refractivity contribution in [3.63, 3.8) is 0 Å². The van der Waals surface area contributed by atoms with Crippen LogP contribution >= 0.6 is 0 Å². The first-order valence-corrected chi connectivity index (χ1v) is 8.57. The summed E-state index contributed by atoms with van der Waals surface area (Å²) in [4.78, 5) is 0. The molecule has 0 unspecified atom stereocenters. The number of aliphatic hydroxyl groups excluding tert-OH is 1. The summed E-state index contributed by atoms with van der Waals surface area (Å²) in [5.41, 5.74) is 1.97. The Kier molecular flexibility index (Phi) is 4.83. The van der Waals surface area contributed by atoms with E-state index in [0.717, 1.165) is 11.1 Å². The Balaban J connectivity index is 1.48. The highest BCUT2D eigenvalue weighted by molar-refractivity contribution is 5.17. The van der Waals surface area contributed by atoms with Crippen LogP contribution in [0.2, 0.25) is 0 Å². The molecule has 0 bridgehead atoms. The van der Waals surface area contributed by atoms with Gasteiger partial charge in [0.05, 0.1) is 12.7 Å². The molecule has 0 spiro atoms. The van der Waals surface area contributed by atoms with Crippen molar-refractivity contribution in [2.24, 2.45) is 0 Å². The van der Waals surface area contributed by atoms with Gasteiger partial charge in [0.15, 0.2) is 12.6 Å². The minimum atomic E-state index is -0.754. The minimum absolute atomic E-state index is 0.389. The lowest BCUT2D eigenvalue weighted by atomic mass is 10.00. The first-order valence-electron chi connectivity index (χ1n) is 8.57. The average Bonchev–Trinajstić information content (AvgIpc) is 3.11. The molecule has 0 aromatic heterocycles. The van der Waals surface area contributed by atoms with Crippen molar-refractivity contribution in [1.82, 2.24) is 0 Å². The highest BCUT2D eigenvalue weighted by atomic mass is 16.8. The smallest absolute Gasteiger partial charge is 0.187 e. The average molecular weight is 342 g/mol. The summed E-state index contributed by atoms with van der Waals surface area (Å²) in [5.74, 6) is 0. The van der Waals surface area contributed by atoms with Crippen LogP contribution in [0.3, 0.4) is 0 Å². The molecule has 2 saturated heterocycles. The number of fused-ring (bicyclic) bond motifs is 1. The van der Waals surface area contributed by atoms with Crippen LogP contribution in [0.1, 0.15) is 24.3 Å². The van der Waals surface area contributed by atoms with E-state index in [2.05, 4.69) is 0 Å². The zero-order valence-electron chi connectivity index (χ0n) is 14.0. The van der Waals surface area contributed by atoms with Gasteiger partial charge >= 0.3 is 0 Å². The van der Waals surface area contributed by atoms with Crippen molar-refractivity contribution in [1.29, 1.82) is 0 Å². The van der Waals surface area contributed by atoms with Gasteiger partial charge in [-0.3, -0.25) is 0 Å². The molecule has 4 rings (SSSR count). The van der Waals surface area contributed by atoms with Gasteiger partial charge in [-0.1, -0.05) is 60.7 Å². The molecule has 5 heteroatoms. The van der Waals surface area contributed by atoms with E-state index in [1.54, 1.807) is 0 Å². The molecule has 2 aromatic rings. The van der Waals surface area contributed by atoms with Crippen molar-refractivity contribution in [3.8, 4) is 0 Å². The standard InChI is InChI=1S/C20H22O5/c1-13-16(21)17-18(25-19(24-17)15-10-6-3-7-11-15)20(23-13)22-12-14-8-4-2-5-9-14/h2-11,13,16-21H,12H2,1H3/t13-,16+,17-,18+,19+,20-/m0/s1. The summed E-state index contributed by atoms with van der Waals surface area (Å²) >= 11 is 0. The predicted molar refractivity (Wildman–Crippen MR) is 90.5 cm³/mol. The van der Waals surface area contributed by atoms with Crippen LogP contribution in [0.25, 0.3) is 0 Å². The Morgan fingerprint density at radius 3 is 2.24 bits per heavy atom. The number of benzene rings is 2. The predicted octanol–water partition coefficient (Wildman–Crippen LogP) is 2.79. The van der Waals surface area contributed by atoms with E-state index in [9.17, 15) is 5.11 Å². The highest BCUT2D eigenvalue weighted by Gasteiger charge is 2.52. The fourth-order valence-corrected chi connectivity index (χ4v) is 3.26. The molecular formula is C20H22O5. The van der Waals surface area contributed by atoms with Crippen LogP contribution < -0.4 is 0 Å². The van der Waals surface area contributed by atoms with Gasteiger partial charge in [-0.25, -0.2) is 0 Å². The molecule has 2 aromatic carbocycles. The summed E-state index contributed by atoms with van der Waals surface area (Å²) in [5, 5.41) is 10.4. The summed E-state index contributed by atoms with van der Waals surface area (Å²) in [6.07, 6.45) is -3.20. The monoisotopic (exact) mass is 342 g/mol. The second-order valence-corrected chi connectivity index (χ2v) is 6.44. The Bertz CT molecular complexity index is 677. The topological polar surface area (TPSA) is 57.2 Å². The van der Waals surface area contributed by atoms with Crippen molar-refractivity contribution < 1.29 is 24.1 Å². The van der Waals surface area contributed by atoms with E-state index >= 15 is 0 Å². The first-order chi connectivity index (χ1) is 12.2. The van der Waals surface area contributed by atoms with E-state index in [1.807, 2.05) is 67.6 Å². The molecule has 0 amide bonds. The van der Waals surface area contributed by atoms with Gasteiger partial charge < -0.3 is 24.1 Å². The maximum absolute atomic E-state index is 10.4. The fraction of sp³-hybridized carbons (Fsp3) is 0.400. The van der Waals surface area contributed by atoms with Crippen molar-refractivity contribution in [2.75, 3.05) is 0 Å². The lowest BCUT2D eigenvalue weighted by Gasteiger charge is -2.38. The van der Waals surface area contributed by atoms with E-state index in [1.165, 1.54) is 0 Å². The summed E-state index contributed by atoms with van der Waals surface area (Å²) in [6, 6.07) is 19.6. The summed E-state index contributed by atoms with van der Waals surface area (Å²) < 4.78 is 23.8. The first kappa shape index (κ1) is 16.7. The maximum atomic E-state index is 10.4. The number of hydrogen-bond acceptors (Lipinski definition) is 5. The fourth-order valence-electron chi connectivity index (χ4n) is 3.26. The van der Waals surface area contributed by atoms with E-state index in [0.29, 0.717) is 6.61 Å². The Hall–Kier alpha value is -1.76. The molecule has 6 atom stereocenters. The van der Waals surface area contributed by atoms with Gasteiger partial charge in [-0.05, 0) is 12.5 Å². The third-order valence-corrected chi connectivity index (χ3v) is 4.65. The van der Waals surface area contributed by atoms with Crippen LogP contribution in [0, 0.1) is 0 Å². The molecule has 0 saturated carbocycles. The maximum Gasteiger partial charge on any atom is 0.187 e. The zero-order valence-corrected chi connectivity index (χ0v) is 14.0. The quantitative estimate of drug-likeness (QED) is 0.926. The number of ether oxygens (including phenoxy) is 4. The third kappa shape index (κ3) is 3.47. The molecule has 132 valence electrons. The van der Waals surface area contributed by atoms with Gasteiger partial charge in [-0.15, -0.1) is 0 Å². The molecule has 2 aliphatic heterocycles. The Morgan fingerprint density at radius 1 is 0.880 bits per heavy atom. The van der Waals surface area contributed by atoms with Gasteiger partial charge in [-0.2, -0.15) is 0 Å². The van der Waals surface area contributed by atoms with Crippen molar-refractivity contribution in [3.05, 3.63) is 71.8 Å². The van der Waals surface area contributed by atoms with Gasteiger partial charge in [0.1, 0.15) is 18.3 Å². The molecule has 2 heterocycles. The molecule has 0 aliphatic carbocycles. The molecule has 1 N–H and O–H groups in total. The zero-order chi connectivity index (χ0) is 17.2. The van der Waals surface area contributed by atoms with Crippen molar-refractivity contribution in [2.45, 2.75) is 50.5 Å². The number of aliphatic hydroxyl groups is 1. The molecule has 2 aliphatic rings. The summed E-state index contributed by atoms with van der Waals surface area (Å²) in [6.45, 7) is 2.23. The molecule has 25 heavy (non-hydrogen) atoms. The lowest BCUT2D eigenvalue weighted by Crippen LogP contribution is -2.55.